The van der Waals surface area contributed by atoms with E-state index >= 15 is 0 Å². The molecule has 0 aromatic carbocycles. The van der Waals surface area contributed by atoms with Gasteiger partial charge in [0.05, 0.1) is 32.8 Å². The number of likely N-dealkylation sites (tertiary alicyclic amines) is 1. The number of likely N-dealkylation sites (N-methyl/N-ethyl adjacent to an activating group) is 1. The summed E-state index contributed by atoms with van der Waals surface area (Å²) in [4.78, 5) is 11.6. The third-order valence-electron chi connectivity index (χ3n) is 8.07. The number of hydrogen-bond acceptors (Lipinski definition) is 3. The van der Waals surface area contributed by atoms with E-state index in [0.29, 0.717) is 18.1 Å². The molecule has 1 saturated heterocycles. The summed E-state index contributed by atoms with van der Waals surface area (Å²) in [5.41, 5.74) is 0.627. The van der Waals surface area contributed by atoms with Crippen molar-refractivity contribution in [3.8, 4) is 0 Å². The lowest BCUT2D eigenvalue weighted by Gasteiger charge is -2.41. The Labute approximate surface area is 153 Å². The SMILES string of the molecule is CC(=O)O[C@H](CO[C@H]1C[C@@H]2CC[C@]1(C)C2(C)C)C[N+]1(C)CCCCC1. The average molecular weight is 353 g/mol. The van der Waals surface area contributed by atoms with E-state index in [1.807, 2.05) is 0 Å². The maximum Gasteiger partial charge on any atom is 0.303 e. The van der Waals surface area contributed by atoms with Crippen molar-refractivity contribution < 1.29 is 18.8 Å². The molecule has 0 amide bonds. The van der Waals surface area contributed by atoms with Crippen LogP contribution in [0.1, 0.15) is 66.2 Å². The first-order valence-electron chi connectivity index (χ1n) is 10.3. The minimum absolute atomic E-state index is 0.119. The largest absolute Gasteiger partial charge is 0.454 e. The summed E-state index contributed by atoms with van der Waals surface area (Å²) >= 11 is 0. The van der Waals surface area contributed by atoms with Crippen molar-refractivity contribution in [3.05, 3.63) is 0 Å². The van der Waals surface area contributed by atoms with Crippen LogP contribution in [-0.2, 0) is 14.3 Å². The Morgan fingerprint density at radius 2 is 1.88 bits per heavy atom. The summed E-state index contributed by atoms with van der Waals surface area (Å²) in [6.07, 6.45) is 7.86. The van der Waals surface area contributed by atoms with Gasteiger partial charge in [0.1, 0.15) is 6.54 Å². The van der Waals surface area contributed by atoms with Gasteiger partial charge in [0.2, 0.25) is 0 Å². The molecule has 0 aromatic heterocycles. The fraction of sp³-hybridized carbons (Fsp3) is 0.952. The summed E-state index contributed by atoms with van der Waals surface area (Å²) in [6, 6.07) is 0. The molecule has 3 aliphatic rings. The molecule has 144 valence electrons. The van der Waals surface area contributed by atoms with E-state index in [-0.39, 0.29) is 17.5 Å². The van der Waals surface area contributed by atoms with Crippen LogP contribution in [0.25, 0.3) is 0 Å². The molecule has 1 heterocycles. The van der Waals surface area contributed by atoms with Crippen LogP contribution in [0.15, 0.2) is 0 Å². The zero-order valence-electron chi connectivity index (χ0n) is 17.0. The fourth-order valence-corrected chi connectivity index (χ4v) is 5.91. The number of carbonyl (C=O) groups excluding carboxylic acids is 1. The van der Waals surface area contributed by atoms with Crippen molar-refractivity contribution in [2.24, 2.45) is 16.7 Å². The maximum atomic E-state index is 11.6. The Balaban J connectivity index is 1.61. The number of nitrogens with zero attached hydrogens (tertiary/aromatic N) is 1. The van der Waals surface area contributed by atoms with Gasteiger partial charge in [-0.2, -0.15) is 0 Å². The molecule has 4 heteroatoms. The van der Waals surface area contributed by atoms with Crippen LogP contribution in [0.4, 0.5) is 0 Å². The van der Waals surface area contributed by atoms with E-state index in [0.717, 1.165) is 16.9 Å². The van der Waals surface area contributed by atoms with Crippen LogP contribution in [0.2, 0.25) is 0 Å². The predicted octanol–water partition coefficient (Wildman–Crippen LogP) is 3.78. The zero-order chi connectivity index (χ0) is 18.3. The Hall–Kier alpha value is -0.610. The monoisotopic (exact) mass is 352 g/mol. The van der Waals surface area contributed by atoms with Crippen molar-refractivity contribution in [1.82, 2.24) is 0 Å². The number of quaternary nitrogens is 1. The van der Waals surface area contributed by atoms with Gasteiger partial charge in [-0.25, -0.2) is 0 Å². The van der Waals surface area contributed by atoms with E-state index in [4.69, 9.17) is 9.47 Å². The van der Waals surface area contributed by atoms with Crippen LogP contribution in [0.3, 0.4) is 0 Å². The normalized spacial score (nSPS) is 37.0. The second kappa shape index (κ2) is 6.84. The molecule has 2 bridgehead atoms. The van der Waals surface area contributed by atoms with E-state index in [1.165, 1.54) is 58.5 Å². The summed E-state index contributed by atoms with van der Waals surface area (Å²) in [6.45, 7) is 12.6. The molecule has 4 atom stereocenters. The molecule has 0 N–H and O–H groups in total. The molecule has 3 fully saturated rings. The van der Waals surface area contributed by atoms with Gasteiger partial charge in [0, 0.05) is 6.92 Å². The third-order valence-corrected chi connectivity index (χ3v) is 8.07. The summed E-state index contributed by atoms with van der Waals surface area (Å²) in [7, 11) is 2.30. The minimum Gasteiger partial charge on any atom is -0.454 e. The Bertz CT molecular complexity index is 497. The molecule has 4 nitrogen and oxygen atoms in total. The van der Waals surface area contributed by atoms with E-state index < -0.39 is 0 Å². The number of fused-ring (bicyclic) bond motifs is 2. The van der Waals surface area contributed by atoms with E-state index in [2.05, 4.69) is 27.8 Å². The second-order valence-corrected chi connectivity index (χ2v) is 9.97. The van der Waals surface area contributed by atoms with Crippen LogP contribution in [0, 0.1) is 16.7 Å². The van der Waals surface area contributed by atoms with E-state index in [9.17, 15) is 4.79 Å². The molecule has 25 heavy (non-hydrogen) atoms. The van der Waals surface area contributed by atoms with Crippen LogP contribution in [0.5, 0.6) is 0 Å². The van der Waals surface area contributed by atoms with Gasteiger partial charge >= 0.3 is 5.97 Å². The summed E-state index contributed by atoms with van der Waals surface area (Å²) in [5, 5.41) is 0. The lowest BCUT2D eigenvalue weighted by atomic mass is 9.70. The first kappa shape index (κ1) is 19.2. The lowest BCUT2D eigenvalue weighted by Crippen LogP contribution is -2.53. The molecular formula is C21H38NO3+. The standard InChI is InChI=1S/C21H38NO3/c1-16(23)25-18(14-22(5)11-7-6-8-12-22)15-24-19-13-17-9-10-21(19,4)20(17,2)3/h17-19H,6-15H2,1-5H3/q+1/t17-,18-,19-,21-/m0/s1. The fourth-order valence-electron chi connectivity index (χ4n) is 5.91. The second-order valence-electron chi connectivity index (χ2n) is 9.97. The van der Waals surface area contributed by atoms with Crippen LogP contribution < -0.4 is 0 Å². The van der Waals surface area contributed by atoms with Gasteiger partial charge in [0.25, 0.3) is 0 Å². The Morgan fingerprint density at radius 1 is 1.20 bits per heavy atom. The highest BCUT2D eigenvalue weighted by Gasteiger charge is 2.62. The number of carbonyl (C=O) groups is 1. The molecule has 2 aliphatic carbocycles. The van der Waals surface area contributed by atoms with Crippen molar-refractivity contribution in [3.63, 3.8) is 0 Å². The molecule has 3 rings (SSSR count). The first-order chi connectivity index (χ1) is 11.7. The Morgan fingerprint density at radius 3 is 2.40 bits per heavy atom. The van der Waals surface area contributed by atoms with E-state index in [1.54, 1.807) is 0 Å². The van der Waals surface area contributed by atoms with Crippen molar-refractivity contribution in [2.45, 2.75) is 78.4 Å². The van der Waals surface area contributed by atoms with Gasteiger partial charge in [-0.1, -0.05) is 20.8 Å². The van der Waals surface area contributed by atoms with Crippen LogP contribution >= 0.6 is 0 Å². The van der Waals surface area contributed by atoms with Gasteiger partial charge < -0.3 is 14.0 Å². The van der Waals surface area contributed by atoms with Crippen molar-refractivity contribution in [1.29, 1.82) is 0 Å². The average Bonchev–Trinajstić information content (AvgIpc) is 2.85. The highest BCUT2D eigenvalue weighted by Crippen LogP contribution is 2.66. The number of piperidine rings is 1. The van der Waals surface area contributed by atoms with Gasteiger partial charge in [-0.05, 0) is 55.3 Å². The highest BCUT2D eigenvalue weighted by molar-refractivity contribution is 5.66. The molecular weight excluding hydrogens is 314 g/mol. The lowest BCUT2D eigenvalue weighted by molar-refractivity contribution is -0.916. The van der Waals surface area contributed by atoms with Crippen molar-refractivity contribution >= 4 is 5.97 Å². The third kappa shape index (κ3) is 3.62. The van der Waals surface area contributed by atoms with Crippen molar-refractivity contribution in [2.75, 3.05) is 33.3 Å². The number of esters is 1. The van der Waals surface area contributed by atoms with Gasteiger partial charge in [-0.15, -0.1) is 0 Å². The molecule has 0 unspecified atom stereocenters. The Kier molecular flexibility index (Phi) is 5.25. The molecule has 0 radical (unpaired) electrons. The molecule has 1 aliphatic heterocycles. The predicted molar refractivity (Wildman–Crippen MR) is 99.2 cm³/mol. The van der Waals surface area contributed by atoms with Gasteiger partial charge in [0.15, 0.2) is 6.10 Å². The minimum atomic E-state index is -0.184. The number of rotatable bonds is 6. The smallest absolute Gasteiger partial charge is 0.303 e. The van der Waals surface area contributed by atoms with Crippen LogP contribution in [-0.4, -0.2) is 55.9 Å². The highest BCUT2D eigenvalue weighted by atomic mass is 16.6. The summed E-state index contributed by atoms with van der Waals surface area (Å²) in [5.74, 6) is 0.595. The summed E-state index contributed by atoms with van der Waals surface area (Å²) < 4.78 is 13.1. The molecule has 2 saturated carbocycles. The zero-order valence-corrected chi connectivity index (χ0v) is 17.0. The molecule has 0 aromatic rings. The number of ether oxygens (including phenoxy) is 2. The first-order valence-corrected chi connectivity index (χ1v) is 10.3. The molecule has 0 spiro atoms. The van der Waals surface area contributed by atoms with Gasteiger partial charge in [-0.3, -0.25) is 4.79 Å². The number of hydrogen-bond donors (Lipinski definition) is 0. The maximum absolute atomic E-state index is 11.6. The topological polar surface area (TPSA) is 35.5 Å². The quantitative estimate of drug-likeness (QED) is 0.539.